The van der Waals surface area contributed by atoms with E-state index >= 15 is 0 Å². The van der Waals surface area contributed by atoms with Gasteiger partial charge in [-0.3, -0.25) is 9.69 Å². The zero-order valence-electron chi connectivity index (χ0n) is 13.5. The summed E-state index contributed by atoms with van der Waals surface area (Å²) in [5, 5.41) is 17.9. The van der Waals surface area contributed by atoms with Crippen molar-refractivity contribution in [2.45, 2.75) is 6.54 Å². The molecule has 1 heterocycles. The van der Waals surface area contributed by atoms with E-state index in [0.717, 1.165) is 32.7 Å². The first-order valence-electron chi connectivity index (χ1n) is 7.99. The lowest BCUT2D eigenvalue weighted by molar-refractivity contribution is -0.117. The normalized spacial score (nSPS) is 15.6. The number of nitrogens with zero attached hydrogens (tertiary/aromatic N) is 2. The lowest BCUT2D eigenvalue weighted by Crippen LogP contribution is -2.46. The van der Waals surface area contributed by atoms with Crippen molar-refractivity contribution >= 4 is 5.91 Å². The van der Waals surface area contributed by atoms with Crippen molar-refractivity contribution in [1.82, 2.24) is 20.9 Å². The van der Waals surface area contributed by atoms with Gasteiger partial charge in [0, 0.05) is 57.6 Å². The van der Waals surface area contributed by atoms with Crippen LogP contribution in [-0.4, -0.2) is 50.1 Å². The van der Waals surface area contributed by atoms with E-state index in [-0.39, 0.29) is 17.9 Å². The molecule has 0 atom stereocenters. The largest absolute Gasteiger partial charge is 0.385 e. The van der Waals surface area contributed by atoms with Gasteiger partial charge < -0.3 is 16.0 Å². The van der Waals surface area contributed by atoms with Crippen LogP contribution in [0.5, 0.6) is 0 Å². The monoisotopic (exact) mass is 331 g/mol. The van der Waals surface area contributed by atoms with Crippen molar-refractivity contribution in [3.63, 3.8) is 0 Å². The van der Waals surface area contributed by atoms with Crippen molar-refractivity contribution in [1.29, 1.82) is 5.26 Å². The summed E-state index contributed by atoms with van der Waals surface area (Å²) in [4.78, 5) is 14.2. The number of carbonyl (C=O) groups excluding carboxylic acids is 1. The van der Waals surface area contributed by atoms with E-state index in [1.807, 2.05) is 6.07 Å². The highest BCUT2D eigenvalue weighted by atomic mass is 19.1. The van der Waals surface area contributed by atoms with Crippen LogP contribution < -0.4 is 16.0 Å². The minimum atomic E-state index is -0.423. The SMILES string of the molecule is N#C/C(=C/NCc1ccccc1F)C(=O)NCCN1CCNCC1. The van der Waals surface area contributed by atoms with Crippen LogP contribution in [0.1, 0.15) is 5.56 Å². The van der Waals surface area contributed by atoms with Crippen LogP contribution in [0.2, 0.25) is 0 Å². The highest BCUT2D eigenvalue weighted by Gasteiger charge is 2.11. The Morgan fingerprint density at radius 3 is 2.83 bits per heavy atom. The molecule has 0 radical (unpaired) electrons. The first-order chi connectivity index (χ1) is 11.7. The van der Waals surface area contributed by atoms with Crippen LogP contribution in [0.4, 0.5) is 4.39 Å². The van der Waals surface area contributed by atoms with Crippen LogP contribution in [0, 0.1) is 17.1 Å². The maximum absolute atomic E-state index is 13.5. The zero-order chi connectivity index (χ0) is 17.2. The molecular weight excluding hydrogens is 309 g/mol. The molecule has 3 N–H and O–H groups in total. The molecule has 128 valence electrons. The molecule has 6 nitrogen and oxygen atoms in total. The highest BCUT2D eigenvalue weighted by molar-refractivity contribution is 5.97. The third kappa shape index (κ3) is 5.65. The molecule has 1 aromatic rings. The van der Waals surface area contributed by atoms with Gasteiger partial charge in [-0.25, -0.2) is 4.39 Å². The molecule has 1 saturated heterocycles. The third-order valence-corrected chi connectivity index (χ3v) is 3.79. The summed E-state index contributed by atoms with van der Waals surface area (Å²) < 4.78 is 13.5. The van der Waals surface area contributed by atoms with Crippen LogP contribution in [0.3, 0.4) is 0 Å². The Bertz CT molecular complexity index is 620. The average Bonchev–Trinajstić information content (AvgIpc) is 2.61. The molecule has 0 unspecified atom stereocenters. The Balaban J connectivity index is 1.76. The molecule has 2 rings (SSSR count). The molecule has 0 aromatic heterocycles. The smallest absolute Gasteiger partial charge is 0.263 e. The van der Waals surface area contributed by atoms with Crippen molar-refractivity contribution in [3.8, 4) is 6.07 Å². The van der Waals surface area contributed by atoms with E-state index in [1.165, 1.54) is 12.3 Å². The molecule has 7 heteroatoms. The summed E-state index contributed by atoms with van der Waals surface area (Å²) >= 11 is 0. The van der Waals surface area contributed by atoms with E-state index in [0.29, 0.717) is 12.1 Å². The van der Waals surface area contributed by atoms with E-state index < -0.39 is 5.91 Å². The first kappa shape index (κ1) is 17.9. The van der Waals surface area contributed by atoms with Crippen LogP contribution in [-0.2, 0) is 11.3 Å². The number of nitriles is 1. The van der Waals surface area contributed by atoms with Gasteiger partial charge in [0.05, 0.1) is 0 Å². The van der Waals surface area contributed by atoms with Crippen molar-refractivity contribution in [2.75, 3.05) is 39.3 Å². The minimum absolute atomic E-state index is 0.0216. The predicted octanol–water partition coefficient (Wildman–Crippen LogP) is 0.344. The number of carbonyl (C=O) groups is 1. The molecular formula is C17H22FN5O. The second-order valence-corrected chi connectivity index (χ2v) is 5.49. The number of hydrogen-bond donors (Lipinski definition) is 3. The second kappa shape index (κ2) is 9.65. The van der Waals surface area contributed by atoms with Gasteiger partial charge in [-0.05, 0) is 6.07 Å². The lowest BCUT2D eigenvalue weighted by atomic mass is 10.2. The maximum Gasteiger partial charge on any atom is 0.263 e. The molecule has 1 amide bonds. The topological polar surface area (TPSA) is 80.2 Å². The van der Waals surface area contributed by atoms with Crippen molar-refractivity contribution in [2.24, 2.45) is 0 Å². The number of halogens is 1. The molecule has 0 saturated carbocycles. The molecule has 1 aliphatic heterocycles. The fraction of sp³-hybridized carbons (Fsp3) is 0.412. The Hall–Kier alpha value is -2.43. The van der Waals surface area contributed by atoms with Crippen molar-refractivity contribution in [3.05, 3.63) is 47.4 Å². The Morgan fingerprint density at radius 2 is 2.12 bits per heavy atom. The van der Waals surface area contributed by atoms with Gasteiger partial charge in [-0.15, -0.1) is 0 Å². The summed E-state index contributed by atoms with van der Waals surface area (Å²) in [6.07, 6.45) is 1.33. The number of nitrogens with one attached hydrogen (secondary N) is 3. The standard InChI is InChI=1S/C17H22FN5O/c18-16-4-2-1-3-14(16)12-21-13-15(11-19)17(24)22-7-10-23-8-5-20-6-9-23/h1-4,13,20-21H,5-10,12H2,(H,22,24)/b15-13-. The predicted molar refractivity (Wildman–Crippen MR) is 89.3 cm³/mol. The molecule has 1 aliphatic rings. The molecule has 24 heavy (non-hydrogen) atoms. The third-order valence-electron chi connectivity index (χ3n) is 3.79. The Morgan fingerprint density at radius 1 is 1.38 bits per heavy atom. The quantitative estimate of drug-likeness (QED) is 0.496. The highest BCUT2D eigenvalue weighted by Crippen LogP contribution is 2.05. The van der Waals surface area contributed by atoms with Crippen LogP contribution in [0.15, 0.2) is 36.0 Å². The lowest BCUT2D eigenvalue weighted by Gasteiger charge is -2.27. The average molecular weight is 331 g/mol. The first-order valence-corrected chi connectivity index (χ1v) is 7.99. The number of amides is 1. The van der Waals surface area contributed by atoms with Crippen LogP contribution >= 0.6 is 0 Å². The van der Waals surface area contributed by atoms with Gasteiger partial charge in [0.1, 0.15) is 17.5 Å². The molecule has 1 fully saturated rings. The fourth-order valence-electron chi connectivity index (χ4n) is 2.41. The van der Waals surface area contributed by atoms with Gasteiger partial charge >= 0.3 is 0 Å². The number of hydrogen-bond acceptors (Lipinski definition) is 5. The molecule has 1 aromatic carbocycles. The molecule has 0 aliphatic carbocycles. The van der Waals surface area contributed by atoms with Gasteiger partial charge in [0.2, 0.25) is 0 Å². The van der Waals surface area contributed by atoms with Gasteiger partial charge in [-0.1, -0.05) is 18.2 Å². The van der Waals surface area contributed by atoms with Gasteiger partial charge in [-0.2, -0.15) is 5.26 Å². The summed E-state index contributed by atoms with van der Waals surface area (Å²) in [6.45, 7) is 5.29. The fourth-order valence-corrected chi connectivity index (χ4v) is 2.41. The minimum Gasteiger partial charge on any atom is -0.385 e. The molecule has 0 bridgehead atoms. The second-order valence-electron chi connectivity index (χ2n) is 5.49. The zero-order valence-corrected chi connectivity index (χ0v) is 13.5. The summed E-state index contributed by atoms with van der Waals surface area (Å²) in [7, 11) is 0. The Kier molecular flexibility index (Phi) is 7.21. The summed E-state index contributed by atoms with van der Waals surface area (Å²) in [5.74, 6) is -0.744. The van der Waals surface area contributed by atoms with E-state index in [1.54, 1.807) is 18.2 Å². The molecule has 0 spiro atoms. The summed E-state index contributed by atoms with van der Waals surface area (Å²) in [5.41, 5.74) is 0.455. The number of rotatable bonds is 7. The van der Waals surface area contributed by atoms with E-state index in [4.69, 9.17) is 5.26 Å². The van der Waals surface area contributed by atoms with Gasteiger partial charge in [0.25, 0.3) is 5.91 Å². The van der Waals surface area contributed by atoms with Crippen LogP contribution in [0.25, 0.3) is 0 Å². The van der Waals surface area contributed by atoms with Gasteiger partial charge in [0.15, 0.2) is 0 Å². The van der Waals surface area contributed by atoms with Crippen molar-refractivity contribution < 1.29 is 9.18 Å². The van der Waals surface area contributed by atoms with E-state index in [9.17, 15) is 9.18 Å². The van der Waals surface area contributed by atoms with E-state index in [2.05, 4.69) is 20.9 Å². The Labute approximate surface area is 141 Å². The maximum atomic E-state index is 13.5. The number of benzene rings is 1. The number of piperazine rings is 1. The summed E-state index contributed by atoms with van der Waals surface area (Å²) in [6, 6.07) is 8.23.